The number of nitrogens with zero attached hydrogens (tertiary/aromatic N) is 2. The molecule has 0 amide bonds. The lowest BCUT2D eigenvalue weighted by Crippen LogP contribution is -2.19. The number of hydrogen-bond donors (Lipinski definition) is 0. The molecule has 7 heteroatoms. The third-order valence-corrected chi connectivity index (χ3v) is 6.06. The average molecular weight is 409 g/mol. The van der Waals surface area contributed by atoms with Crippen molar-refractivity contribution >= 4 is 39.1 Å². The summed E-state index contributed by atoms with van der Waals surface area (Å²) in [6.45, 7) is 0. The summed E-state index contributed by atoms with van der Waals surface area (Å²) in [5.41, 5.74) is 1.18. The second-order valence-corrected chi connectivity index (χ2v) is 7.90. The van der Waals surface area contributed by atoms with Gasteiger partial charge in [-0.25, -0.2) is 4.98 Å². The Balaban J connectivity index is 1.44. The first kappa shape index (κ1) is 18.5. The number of ketones is 1. The third kappa shape index (κ3) is 3.85. The number of benzene rings is 2. The smallest absolute Gasteiger partial charge is 0.271 e. The molecule has 0 spiro atoms. The fraction of sp³-hybridized carbons (Fsp3) is 0.0952. The summed E-state index contributed by atoms with van der Waals surface area (Å²) in [5.74, 6) is 1.58. The molecule has 2 heterocycles. The molecule has 4 aromatic rings. The van der Waals surface area contributed by atoms with E-state index in [1.165, 1.54) is 27.7 Å². The zero-order valence-corrected chi connectivity index (χ0v) is 16.6. The molecule has 0 aliphatic rings. The molecule has 0 unspecified atom stereocenters. The van der Waals surface area contributed by atoms with E-state index in [4.69, 9.17) is 4.74 Å². The molecule has 0 fully saturated rings. The number of aromatic nitrogens is 2. The zero-order chi connectivity index (χ0) is 19.5. The molecule has 0 bridgehead atoms. The molecular weight excluding hydrogens is 392 g/mol. The van der Waals surface area contributed by atoms with Crippen LogP contribution in [0, 0.1) is 0 Å². The normalized spacial score (nSPS) is 10.9. The van der Waals surface area contributed by atoms with Gasteiger partial charge in [0.05, 0.1) is 11.3 Å². The molecule has 0 atom stereocenters. The maximum Gasteiger partial charge on any atom is 0.271 e. The van der Waals surface area contributed by atoms with Crippen molar-refractivity contribution in [3.8, 4) is 11.5 Å². The van der Waals surface area contributed by atoms with Gasteiger partial charge in [0, 0.05) is 12.6 Å². The van der Waals surface area contributed by atoms with Crippen LogP contribution in [0.25, 0.3) is 10.2 Å². The Morgan fingerprint density at radius 1 is 1.07 bits per heavy atom. The molecule has 2 aromatic heterocycles. The lowest BCUT2D eigenvalue weighted by atomic mass is 10.1. The maximum atomic E-state index is 12.5. The van der Waals surface area contributed by atoms with Gasteiger partial charge < -0.3 is 4.74 Å². The van der Waals surface area contributed by atoms with Gasteiger partial charge in [0.15, 0.2) is 10.9 Å². The van der Waals surface area contributed by atoms with Crippen molar-refractivity contribution in [3.63, 3.8) is 0 Å². The van der Waals surface area contributed by atoms with Gasteiger partial charge in [-0.15, -0.1) is 11.3 Å². The summed E-state index contributed by atoms with van der Waals surface area (Å²) >= 11 is 2.64. The van der Waals surface area contributed by atoms with Crippen LogP contribution in [-0.4, -0.2) is 21.1 Å². The number of hydrogen-bond acceptors (Lipinski definition) is 6. The van der Waals surface area contributed by atoms with Gasteiger partial charge in [0.2, 0.25) is 0 Å². The van der Waals surface area contributed by atoms with Crippen LogP contribution in [-0.2, 0) is 7.05 Å². The molecule has 0 radical (unpaired) electrons. The van der Waals surface area contributed by atoms with E-state index >= 15 is 0 Å². The number of thioether (sulfide) groups is 1. The summed E-state index contributed by atoms with van der Waals surface area (Å²) in [4.78, 5) is 29.3. The fourth-order valence-corrected chi connectivity index (χ4v) is 4.32. The van der Waals surface area contributed by atoms with Crippen molar-refractivity contribution < 1.29 is 9.53 Å². The number of carbonyl (C=O) groups is 1. The Bertz CT molecular complexity index is 1180. The Morgan fingerprint density at radius 3 is 2.54 bits per heavy atom. The lowest BCUT2D eigenvalue weighted by molar-refractivity contribution is 0.102. The Hall–Kier alpha value is -2.90. The highest BCUT2D eigenvalue weighted by molar-refractivity contribution is 7.99. The zero-order valence-electron chi connectivity index (χ0n) is 15.0. The predicted molar refractivity (Wildman–Crippen MR) is 113 cm³/mol. The molecule has 4 rings (SSSR count). The van der Waals surface area contributed by atoms with Crippen LogP contribution in [0.1, 0.15) is 10.4 Å². The van der Waals surface area contributed by atoms with Crippen LogP contribution < -0.4 is 10.3 Å². The van der Waals surface area contributed by atoms with E-state index in [1.54, 1.807) is 31.3 Å². The second-order valence-electron chi connectivity index (χ2n) is 6.04. The van der Waals surface area contributed by atoms with Gasteiger partial charge in [0.1, 0.15) is 16.2 Å². The molecule has 0 aliphatic heterocycles. The monoisotopic (exact) mass is 408 g/mol. The summed E-state index contributed by atoms with van der Waals surface area (Å²) in [7, 11) is 1.68. The summed E-state index contributed by atoms with van der Waals surface area (Å²) in [6.07, 6.45) is 0. The fourth-order valence-electron chi connectivity index (χ4n) is 2.64. The van der Waals surface area contributed by atoms with E-state index in [1.807, 2.05) is 41.8 Å². The number of rotatable bonds is 6. The molecule has 2 aromatic carbocycles. The number of Topliss-reactive ketones (excluding diaryl/α,β-unsaturated/α-hetero) is 1. The number of fused-ring (bicyclic) bond motifs is 1. The minimum absolute atomic E-state index is 0.0316. The molecule has 28 heavy (non-hydrogen) atoms. The van der Waals surface area contributed by atoms with Gasteiger partial charge in [-0.05, 0) is 47.8 Å². The van der Waals surface area contributed by atoms with Crippen molar-refractivity contribution in [1.29, 1.82) is 0 Å². The number of thiophene rings is 1. The van der Waals surface area contributed by atoms with Crippen LogP contribution in [0.2, 0.25) is 0 Å². The van der Waals surface area contributed by atoms with E-state index in [9.17, 15) is 9.59 Å². The first-order valence-electron chi connectivity index (χ1n) is 8.55. The number of para-hydroxylation sites is 1. The van der Waals surface area contributed by atoms with Crippen LogP contribution in [0.3, 0.4) is 0 Å². The Labute approximate surface area is 169 Å². The van der Waals surface area contributed by atoms with Gasteiger partial charge >= 0.3 is 0 Å². The highest BCUT2D eigenvalue weighted by Gasteiger charge is 2.13. The molecule has 0 saturated heterocycles. The topological polar surface area (TPSA) is 61.2 Å². The Kier molecular flexibility index (Phi) is 5.27. The Morgan fingerprint density at radius 2 is 1.79 bits per heavy atom. The van der Waals surface area contributed by atoms with Crippen molar-refractivity contribution in [2.24, 2.45) is 7.05 Å². The van der Waals surface area contributed by atoms with Crippen LogP contribution >= 0.6 is 23.1 Å². The number of carbonyl (C=O) groups excluding carboxylic acids is 1. The van der Waals surface area contributed by atoms with Crippen molar-refractivity contribution in [2.45, 2.75) is 5.16 Å². The summed E-state index contributed by atoms with van der Waals surface area (Å²) in [5, 5.41) is 2.38. The predicted octanol–water partition coefficient (Wildman–Crippen LogP) is 4.76. The van der Waals surface area contributed by atoms with Crippen molar-refractivity contribution in [3.05, 3.63) is 82.0 Å². The van der Waals surface area contributed by atoms with Gasteiger partial charge in [-0.1, -0.05) is 30.0 Å². The number of ether oxygens (including phenoxy) is 1. The summed E-state index contributed by atoms with van der Waals surface area (Å²) < 4.78 is 7.87. The average Bonchev–Trinajstić information content (AvgIpc) is 3.19. The standard InChI is InChI=1S/C21H16N2O3S2/c1-23-20(25)19-17(11-12-27-19)22-21(23)28-13-18(24)14-7-9-16(10-8-14)26-15-5-3-2-4-6-15/h2-12H,13H2,1H3. The van der Waals surface area contributed by atoms with Crippen LogP contribution in [0.4, 0.5) is 0 Å². The van der Waals surface area contributed by atoms with E-state index in [0.29, 0.717) is 26.7 Å². The highest BCUT2D eigenvalue weighted by atomic mass is 32.2. The highest BCUT2D eigenvalue weighted by Crippen LogP contribution is 2.23. The maximum absolute atomic E-state index is 12.5. The van der Waals surface area contributed by atoms with Gasteiger partial charge in [0.25, 0.3) is 5.56 Å². The largest absolute Gasteiger partial charge is 0.457 e. The summed E-state index contributed by atoms with van der Waals surface area (Å²) in [6, 6.07) is 18.3. The molecule has 140 valence electrons. The second kappa shape index (κ2) is 8.00. The molecule has 5 nitrogen and oxygen atoms in total. The first-order valence-corrected chi connectivity index (χ1v) is 10.4. The van der Waals surface area contributed by atoms with E-state index < -0.39 is 0 Å². The molecule has 0 aliphatic carbocycles. The van der Waals surface area contributed by atoms with Crippen LogP contribution in [0.5, 0.6) is 11.5 Å². The third-order valence-electron chi connectivity index (χ3n) is 4.13. The first-order chi connectivity index (χ1) is 13.6. The van der Waals surface area contributed by atoms with Crippen LogP contribution in [0.15, 0.2) is 76.0 Å². The van der Waals surface area contributed by atoms with E-state index in [0.717, 1.165) is 5.75 Å². The van der Waals surface area contributed by atoms with E-state index in [-0.39, 0.29) is 17.1 Å². The van der Waals surface area contributed by atoms with Gasteiger partial charge in [-0.2, -0.15) is 0 Å². The minimum Gasteiger partial charge on any atom is -0.457 e. The van der Waals surface area contributed by atoms with Crippen molar-refractivity contribution in [2.75, 3.05) is 5.75 Å². The SMILES string of the molecule is Cn1c(SCC(=O)c2ccc(Oc3ccccc3)cc2)nc2ccsc2c1=O. The lowest BCUT2D eigenvalue weighted by Gasteiger charge is -2.08. The van der Waals surface area contributed by atoms with Crippen molar-refractivity contribution in [1.82, 2.24) is 9.55 Å². The molecular formula is C21H16N2O3S2. The molecule has 0 saturated carbocycles. The molecule has 0 N–H and O–H groups in total. The minimum atomic E-state index is -0.0858. The quantitative estimate of drug-likeness (QED) is 0.261. The van der Waals surface area contributed by atoms with Gasteiger partial charge in [-0.3, -0.25) is 14.2 Å². The van der Waals surface area contributed by atoms with E-state index in [2.05, 4.69) is 4.98 Å².